The van der Waals surface area contributed by atoms with Crippen molar-refractivity contribution in [3.05, 3.63) is 65.7 Å². The summed E-state index contributed by atoms with van der Waals surface area (Å²) in [5, 5.41) is 3.40. The summed E-state index contributed by atoms with van der Waals surface area (Å²) in [4.78, 5) is 11.6. The van der Waals surface area contributed by atoms with Gasteiger partial charge in [-0.1, -0.05) is 60.9 Å². The maximum Gasteiger partial charge on any atom is 0.510 e. The number of carbonyl (C=O) groups is 1. The fourth-order valence-electron chi connectivity index (χ4n) is 3.95. The maximum absolute atomic E-state index is 11.7. The van der Waals surface area contributed by atoms with Crippen LogP contribution in [0, 0.1) is 12.8 Å². The molecule has 31 heavy (non-hydrogen) atoms. The summed E-state index contributed by atoms with van der Waals surface area (Å²) in [6.07, 6.45) is 5.19. The molecule has 0 spiro atoms. The summed E-state index contributed by atoms with van der Waals surface area (Å²) in [6.45, 7) is 2.10. The van der Waals surface area contributed by atoms with Crippen LogP contribution in [0.15, 0.2) is 59.5 Å². The predicted octanol–water partition coefficient (Wildman–Crippen LogP) is 4.46. The van der Waals surface area contributed by atoms with Crippen LogP contribution in [0.3, 0.4) is 0 Å². The van der Waals surface area contributed by atoms with E-state index >= 15 is 0 Å². The molecule has 0 amide bonds. The number of rotatable bonds is 4. The minimum atomic E-state index is -4.02. The molecule has 0 bridgehead atoms. The molecule has 0 radical (unpaired) electrons. The number of nitrogens with one attached hydrogen (secondary N) is 1. The van der Waals surface area contributed by atoms with Gasteiger partial charge in [0.1, 0.15) is 6.61 Å². The van der Waals surface area contributed by atoms with E-state index in [1.54, 1.807) is 12.1 Å². The molecular weight excluding hydrogens is 418 g/mol. The van der Waals surface area contributed by atoms with Crippen molar-refractivity contribution in [2.45, 2.75) is 62.8 Å². The van der Waals surface area contributed by atoms with Gasteiger partial charge in [0.15, 0.2) is 6.23 Å². The summed E-state index contributed by atoms with van der Waals surface area (Å²) in [5.41, 5.74) is 1.93. The summed E-state index contributed by atoms with van der Waals surface area (Å²) in [6, 6.07) is 16.1. The van der Waals surface area contributed by atoms with Crippen LogP contribution in [0.1, 0.15) is 43.2 Å². The number of ether oxygens (including phenoxy) is 2. The third-order valence-electron chi connectivity index (χ3n) is 5.58. The van der Waals surface area contributed by atoms with Gasteiger partial charge in [-0.15, -0.1) is 0 Å². The van der Waals surface area contributed by atoms with Gasteiger partial charge in [-0.05, 0) is 43.4 Å². The fraction of sp³-hybridized carbons (Fsp3) is 0.435. The Morgan fingerprint density at radius 1 is 1.06 bits per heavy atom. The second-order valence-corrected chi connectivity index (χ2v) is 9.39. The summed E-state index contributed by atoms with van der Waals surface area (Å²) in [5.74, 6) is 0.663. The van der Waals surface area contributed by atoms with Gasteiger partial charge in [-0.25, -0.2) is 4.79 Å². The molecule has 2 aliphatic rings. The molecule has 4 rings (SSSR count). The predicted molar refractivity (Wildman–Crippen MR) is 116 cm³/mol. The highest BCUT2D eigenvalue weighted by atomic mass is 32.2. The molecule has 7 nitrogen and oxygen atoms in total. The van der Waals surface area contributed by atoms with Gasteiger partial charge in [0.2, 0.25) is 0 Å². The third kappa shape index (κ3) is 7.34. The standard InChI is InChI=1S/C16H21NO3.C7H8O3S/c18-16(19-11-12-6-2-1-3-7-12)20-15-10-13-8-4-5-9-14(13)17-15;1-6-2-4-7(5-3-6)11(8,9)10/h1-3,6-7,13-15,17H,4-5,8-11H2;2-5H,1H3,(H,8,9,10). The van der Waals surface area contributed by atoms with E-state index in [2.05, 4.69) is 5.32 Å². The molecule has 168 valence electrons. The highest BCUT2D eigenvalue weighted by Crippen LogP contribution is 2.33. The molecule has 3 unspecified atom stereocenters. The van der Waals surface area contributed by atoms with Crippen LogP contribution in [-0.4, -0.2) is 31.4 Å². The Balaban J connectivity index is 0.000000210. The van der Waals surface area contributed by atoms with E-state index in [1.165, 1.54) is 37.8 Å². The maximum atomic E-state index is 11.7. The normalized spacial score (nSPS) is 22.6. The van der Waals surface area contributed by atoms with Gasteiger partial charge in [-0.3, -0.25) is 9.87 Å². The summed E-state index contributed by atoms with van der Waals surface area (Å²) < 4.78 is 40.0. The molecule has 3 atom stereocenters. The first-order valence-corrected chi connectivity index (χ1v) is 11.9. The zero-order valence-electron chi connectivity index (χ0n) is 17.6. The second-order valence-electron chi connectivity index (χ2n) is 7.97. The van der Waals surface area contributed by atoms with Crippen LogP contribution in [0.25, 0.3) is 0 Å². The monoisotopic (exact) mass is 447 g/mol. The molecular formula is C23H29NO6S. The van der Waals surface area contributed by atoms with Crippen molar-refractivity contribution in [3.8, 4) is 0 Å². The molecule has 1 heterocycles. The topological polar surface area (TPSA) is 102 Å². The first-order valence-electron chi connectivity index (χ1n) is 10.5. The van der Waals surface area contributed by atoms with Gasteiger partial charge in [0.05, 0.1) is 4.90 Å². The van der Waals surface area contributed by atoms with E-state index in [-0.39, 0.29) is 17.7 Å². The molecule has 8 heteroatoms. The molecule has 2 fully saturated rings. The second kappa shape index (κ2) is 10.7. The summed E-state index contributed by atoms with van der Waals surface area (Å²) >= 11 is 0. The van der Waals surface area contributed by atoms with Crippen LogP contribution < -0.4 is 5.32 Å². The van der Waals surface area contributed by atoms with Gasteiger partial charge >= 0.3 is 6.16 Å². The van der Waals surface area contributed by atoms with E-state index in [1.807, 2.05) is 37.3 Å². The van der Waals surface area contributed by atoms with E-state index in [9.17, 15) is 13.2 Å². The first-order chi connectivity index (χ1) is 14.8. The lowest BCUT2D eigenvalue weighted by molar-refractivity contribution is 0.0123. The van der Waals surface area contributed by atoms with Crippen molar-refractivity contribution in [1.29, 1.82) is 0 Å². The molecule has 0 aromatic heterocycles. The number of hydrogen-bond donors (Lipinski definition) is 2. The highest BCUT2D eigenvalue weighted by Gasteiger charge is 2.37. The Kier molecular flexibility index (Phi) is 8.06. The number of hydrogen-bond acceptors (Lipinski definition) is 6. The summed E-state index contributed by atoms with van der Waals surface area (Å²) in [7, 11) is -4.02. The number of aryl methyl sites for hydroxylation is 1. The third-order valence-corrected chi connectivity index (χ3v) is 6.45. The minimum absolute atomic E-state index is 0.0666. The van der Waals surface area contributed by atoms with E-state index < -0.39 is 16.3 Å². The molecule has 1 saturated heterocycles. The number of fused-ring (bicyclic) bond motifs is 1. The Morgan fingerprint density at radius 3 is 2.39 bits per heavy atom. The molecule has 1 aliphatic carbocycles. The molecule has 1 saturated carbocycles. The van der Waals surface area contributed by atoms with Crippen LogP contribution in [0.4, 0.5) is 4.79 Å². The van der Waals surface area contributed by atoms with Gasteiger partial charge in [0.25, 0.3) is 10.1 Å². The van der Waals surface area contributed by atoms with Crippen molar-refractivity contribution in [1.82, 2.24) is 5.32 Å². The Labute approximate surface area is 183 Å². The van der Waals surface area contributed by atoms with Crippen LogP contribution in [0.5, 0.6) is 0 Å². The lowest BCUT2D eigenvalue weighted by Gasteiger charge is -2.23. The minimum Gasteiger partial charge on any atom is -0.429 e. The quantitative estimate of drug-likeness (QED) is 0.527. The largest absolute Gasteiger partial charge is 0.510 e. The van der Waals surface area contributed by atoms with Crippen LogP contribution in [0.2, 0.25) is 0 Å². The average Bonchev–Trinajstić information content (AvgIpc) is 3.15. The van der Waals surface area contributed by atoms with Crippen molar-refractivity contribution < 1.29 is 27.2 Å². The van der Waals surface area contributed by atoms with Crippen LogP contribution >= 0.6 is 0 Å². The highest BCUT2D eigenvalue weighted by molar-refractivity contribution is 7.85. The van der Waals surface area contributed by atoms with Crippen molar-refractivity contribution in [3.63, 3.8) is 0 Å². The zero-order valence-corrected chi connectivity index (χ0v) is 18.4. The molecule has 2 aromatic rings. The SMILES string of the molecule is Cc1ccc(S(=O)(=O)O)cc1.O=C(OCc1ccccc1)OC1CC2CCCCC2N1. The average molecular weight is 448 g/mol. The molecule has 2 aromatic carbocycles. The van der Waals surface area contributed by atoms with Crippen molar-refractivity contribution >= 4 is 16.3 Å². The Bertz CT molecular complexity index is 932. The van der Waals surface area contributed by atoms with Gasteiger partial charge in [0, 0.05) is 12.5 Å². The molecule has 1 aliphatic heterocycles. The number of benzene rings is 2. The Hall–Kier alpha value is -2.42. The van der Waals surface area contributed by atoms with E-state index in [0.29, 0.717) is 12.0 Å². The molecule has 2 N–H and O–H groups in total. The first kappa shape index (κ1) is 23.2. The van der Waals surface area contributed by atoms with Crippen LogP contribution in [-0.2, 0) is 26.2 Å². The van der Waals surface area contributed by atoms with Gasteiger partial charge < -0.3 is 9.47 Å². The van der Waals surface area contributed by atoms with E-state index in [4.69, 9.17) is 14.0 Å². The van der Waals surface area contributed by atoms with Gasteiger partial charge in [-0.2, -0.15) is 8.42 Å². The van der Waals surface area contributed by atoms with E-state index in [0.717, 1.165) is 17.5 Å². The van der Waals surface area contributed by atoms with Crippen molar-refractivity contribution in [2.75, 3.05) is 0 Å². The van der Waals surface area contributed by atoms with Crippen molar-refractivity contribution in [2.24, 2.45) is 5.92 Å². The number of carbonyl (C=O) groups excluding carboxylic acids is 1. The lowest BCUT2D eigenvalue weighted by atomic mass is 9.85. The lowest BCUT2D eigenvalue weighted by Crippen LogP contribution is -2.35. The fourth-order valence-corrected chi connectivity index (χ4v) is 4.43. The Morgan fingerprint density at radius 2 is 1.74 bits per heavy atom. The smallest absolute Gasteiger partial charge is 0.429 e. The zero-order chi connectivity index (χ0) is 22.3.